The van der Waals surface area contributed by atoms with Crippen LogP contribution in [0.15, 0.2) is 16.1 Å². The third-order valence-corrected chi connectivity index (χ3v) is 4.26. The van der Waals surface area contributed by atoms with Gasteiger partial charge in [-0.15, -0.1) is 11.3 Å². The second-order valence-corrected chi connectivity index (χ2v) is 5.97. The average molecular weight is 280 g/mol. The summed E-state index contributed by atoms with van der Waals surface area (Å²) >= 11 is 1.66. The molecule has 2 rings (SSSR count). The quantitative estimate of drug-likeness (QED) is 0.881. The van der Waals surface area contributed by atoms with Crippen molar-refractivity contribution in [3.8, 4) is 0 Å². The van der Waals surface area contributed by atoms with Crippen molar-refractivity contribution in [1.82, 2.24) is 20.4 Å². The van der Waals surface area contributed by atoms with Crippen LogP contribution in [0.5, 0.6) is 0 Å². The highest BCUT2D eigenvalue weighted by Gasteiger charge is 2.27. The van der Waals surface area contributed by atoms with Crippen LogP contribution in [0.1, 0.15) is 56.8 Å². The normalized spacial score (nSPS) is 14.8. The Hall–Kier alpha value is -1.27. The van der Waals surface area contributed by atoms with E-state index >= 15 is 0 Å². The SMILES string of the molecule is CC[C@](C)(NCc1noc(C(C)C)n1)c1nccs1. The van der Waals surface area contributed by atoms with Crippen LogP contribution in [0.25, 0.3) is 0 Å². The van der Waals surface area contributed by atoms with Gasteiger partial charge in [-0.1, -0.05) is 25.9 Å². The molecule has 0 aliphatic carbocycles. The maximum Gasteiger partial charge on any atom is 0.229 e. The number of nitrogens with one attached hydrogen (secondary N) is 1. The lowest BCUT2D eigenvalue weighted by Gasteiger charge is -2.26. The first kappa shape index (κ1) is 14.1. The van der Waals surface area contributed by atoms with Crippen molar-refractivity contribution in [2.24, 2.45) is 0 Å². The van der Waals surface area contributed by atoms with Crippen LogP contribution in [0.4, 0.5) is 0 Å². The van der Waals surface area contributed by atoms with Gasteiger partial charge in [0.25, 0.3) is 0 Å². The summed E-state index contributed by atoms with van der Waals surface area (Å²) in [6.45, 7) is 8.95. The summed E-state index contributed by atoms with van der Waals surface area (Å²) in [6, 6.07) is 0. The van der Waals surface area contributed by atoms with E-state index in [4.69, 9.17) is 4.52 Å². The van der Waals surface area contributed by atoms with Crippen LogP contribution in [0.2, 0.25) is 0 Å². The summed E-state index contributed by atoms with van der Waals surface area (Å²) in [5.74, 6) is 1.64. The van der Waals surface area contributed by atoms with E-state index in [1.54, 1.807) is 11.3 Å². The summed E-state index contributed by atoms with van der Waals surface area (Å²) in [5.41, 5.74) is -0.146. The number of aromatic nitrogens is 3. The first-order valence-corrected chi connectivity index (χ1v) is 7.40. The molecule has 0 spiro atoms. The number of thiazole rings is 1. The molecule has 0 fully saturated rings. The highest BCUT2D eigenvalue weighted by atomic mass is 32.1. The van der Waals surface area contributed by atoms with E-state index in [2.05, 4.69) is 34.3 Å². The van der Waals surface area contributed by atoms with Gasteiger partial charge >= 0.3 is 0 Å². The third-order valence-electron chi connectivity index (χ3n) is 3.23. The van der Waals surface area contributed by atoms with Crippen molar-refractivity contribution in [2.75, 3.05) is 0 Å². The predicted octanol–water partition coefficient (Wildman–Crippen LogP) is 3.06. The van der Waals surface area contributed by atoms with E-state index in [1.165, 1.54) is 0 Å². The zero-order chi connectivity index (χ0) is 13.9. The molecule has 0 amide bonds. The molecule has 2 aromatic rings. The van der Waals surface area contributed by atoms with Crippen molar-refractivity contribution in [1.29, 1.82) is 0 Å². The lowest BCUT2D eigenvalue weighted by molar-refractivity contribution is 0.332. The van der Waals surface area contributed by atoms with E-state index in [-0.39, 0.29) is 11.5 Å². The lowest BCUT2D eigenvalue weighted by atomic mass is 10.00. The molecule has 2 heterocycles. The highest BCUT2D eigenvalue weighted by molar-refractivity contribution is 7.09. The Kier molecular flexibility index (Phi) is 4.31. The lowest BCUT2D eigenvalue weighted by Crippen LogP contribution is -2.38. The van der Waals surface area contributed by atoms with Crippen LogP contribution in [-0.2, 0) is 12.1 Å². The van der Waals surface area contributed by atoms with Gasteiger partial charge in [-0.05, 0) is 13.3 Å². The monoisotopic (exact) mass is 280 g/mol. The Morgan fingerprint density at radius 2 is 2.26 bits per heavy atom. The number of hydrogen-bond acceptors (Lipinski definition) is 6. The molecule has 0 radical (unpaired) electrons. The molecule has 19 heavy (non-hydrogen) atoms. The summed E-state index contributed by atoms with van der Waals surface area (Å²) in [7, 11) is 0. The highest BCUT2D eigenvalue weighted by Crippen LogP contribution is 2.26. The van der Waals surface area contributed by atoms with Gasteiger partial charge in [0.05, 0.1) is 12.1 Å². The first-order chi connectivity index (χ1) is 9.05. The number of rotatable bonds is 6. The second kappa shape index (κ2) is 5.79. The molecular formula is C13H20N4OS. The Bertz CT molecular complexity index is 508. The van der Waals surface area contributed by atoms with E-state index in [0.29, 0.717) is 18.3 Å². The molecule has 0 saturated carbocycles. The fourth-order valence-corrected chi connectivity index (χ4v) is 2.54. The fourth-order valence-electron chi connectivity index (χ4n) is 1.70. The minimum Gasteiger partial charge on any atom is -0.339 e. The van der Waals surface area contributed by atoms with Crippen molar-refractivity contribution >= 4 is 11.3 Å². The molecule has 1 N–H and O–H groups in total. The van der Waals surface area contributed by atoms with Gasteiger partial charge in [-0.3, -0.25) is 5.32 Å². The molecule has 0 bridgehead atoms. The largest absolute Gasteiger partial charge is 0.339 e. The fraction of sp³-hybridized carbons (Fsp3) is 0.615. The van der Waals surface area contributed by atoms with E-state index in [0.717, 1.165) is 11.4 Å². The Labute approximate surface area is 117 Å². The molecule has 0 saturated heterocycles. The number of nitrogens with zero attached hydrogens (tertiary/aromatic N) is 3. The molecule has 2 aromatic heterocycles. The summed E-state index contributed by atoms with van der Waals surface area (Å²) in [4.78, 5) is 8.77. The minimum absolute atomic E-state index is 0.146. The molecular weight excluding hydrogens is 260 g/mol. The molecule has 0 aliphatic heterocycles. The van der Waals surface area contributed by atoms with E-state index in [9.17, 15) is 0 Å². The molecule has 104 valence electrons. The van der Waals surface area contributed by atoms with Gasteiger partial charge in [-0.25, -0.2) is 4.98 Å². The molecule has 0 unspecified atom stereocenters. The zero-order valence-corrected chi connectivity index (χ0v) is 12.6. The predicted molar refractivity (Wildman–Crippen MR) is 75.0 cm³/mol. The van der Waals surface area contributed by atoms with Crippen molar-refractivity contribution in [3.05, 3.63) is 28.3 Å². The van der Waals surface area contributed by atoms with Crippen molar-refractivity contribution in [2.45, 2.75) is 52.1 Å². The first-order valence-electron chi connectivity index (χ1n) is 6.52. The molecule has 1 atom stereocenters. The molecule has 5 nitrogen and oxygen atoms in total. The number of hydrogen-bond donors (Lipinski definition) is 1. The van der Waals surface area contributed by atoms with E-state index < -0.39 is 0 Å². The topological polar surface area (TPSA) is 63.8 Å². The van der Waals surface area contributed by atoms with Crippen LogP contribution in [0.3, 0.4) is 0 Å². The van der Waals surface area contributed by atoms with Crippen LogP contribution >= 0.6 is 11.3 Å². The van der Waals surface area contributed by atoms with Gasteiger partial charge in [0.2, 0.25) is 5.89 Å². The van der Waals surface area contributed by atoms with Crippen molar-refractivity contribution < 1.29 is 4.52 Å². The minimum atomic E-state index is -0.146. The Morgan fingerprint density at radius 1 is 1.47 bits per heavy atom. The standard InChI is InChI=1S/C13H20N4OS/c1-5-13(4,12-14-6-7-19-12)15-8-10-16-11(9(2)3)18-17-10/h6-7,9,15H,5,8H2,1-4H3/t13-/m0/s1. The van der Waals surface area contributed by atoms with Gasteiger partial charge in [-0.2, -0.15) is 4.98 Å². The molecule has 0 aromatic carbocycles. The van der Waals surface area contributed by atoms with E-state index in [1.807, 2.05) is 25.4 Å². The molecule has 6 heteroatoms. The van der Waals surface area contributed by atoms with Crippen LogP contribution < -0.4 is 5.32 Å². The Balaban J connectivity index is 2.03. The van der Waals surface area contributed by atoms with Crippen molar-refractivity contribution in [3.63, 3.8) is 0 Å². The zero-order valence-electron chi connectivity index (χ0n) is 11.8. The van der Waals surface area contributed by atoms with Crippen LogP contribution in [-0.4, -0.2) is 15.1 Å². The smallest absolute Gasteiger partial charge is 0.229 e. The van der Waals surface area contributed by atoms with Crippen LogP contribution in [0, 0.1) is 0 Å². The van der Waals surface area contributed by atoms with Gasteiger partial charge < -0.3 is 4.52 Å². The Morgan fingerprint density at radius 3 is 2.79 bits per heavy atom. The summed E-state index contributed by atoms with van der Waals surface area (Å²) in [5, 5.41) is 10.6. The van der Waals surface area contributed by atoms with Gasteiger partial charge in [0.15, 0.2) is 5.82 Å². The van der Waals surface area contributed by atoms with Gasteiger partial charge in [0, 0.05) is 17.5 Å². The molecule has 0 aliphatic rings. The van der Waals surface area contributed by atoms with Gasteiger partial charge in [0.1, 0.15) is 5.01 Å². The summed E-state index contributed by atoms with van der Waals surface area (Å²) in [6.07, 6.45) is 2.79. The maximum atomic E-state index is 5.20. The maximum absolute atomic E-state index is 5.20. The second-order valence-electron chi connectivity index (χ2n) is 5.08. The summed E-state index contributed by atoms with van der Waals surface area (Å²) < 4.78 is 5.20. The average Bonchev–Trinajstić information content (AvgIpc) is 3.06. The third kappa shape index (κ3) is 3.19.